The van der Waals surface area contributed by atoms with E-state index in [0.717, 1.165) is 21.7 Å². The summed E-state index contributed by atoms with van der Waals surface area (Å²) in [4.78, 5) is 28.2. The standard InChI is InChI=1S/C25H21ClN2O3/c1-15-8-13-19(16(2)14-15)27-23-22(17-9-11-18(26)12-10-17)24(29)28(25(23)30)20-6-4-5-7-21(20)31-3/h4-14,27H,1-3H3. The zero-order chi connectivity index (χ0) is 22.1. The molecule has 31 heavy (non-hydrogen) atoms. The molecule has 1 aliphatic rings. The lowest BCUT2D eigenvalue weighted by molar-refractivity contribution is -0.120. The van der Waals surface area contributed by atoms with Gasteiger partial charge in [0, 0.05) is 10.7 Å². The lowest BCUT2D eigenvalue weighted by Gasteiger charge is -2.18. The number of nitrogens with zero attached hydrogens (tertiary/aromatic N) is 1. The van der Waals surface area contributed by atoms with E-state index < -0.39 is 11.8 Å². The Morgan fingerprint density at radius 1 is 0.903 bits per heavy atom. The Kier molecular flexibility index (Phi) is 5.53. The smallest absolute Gasteiger partial charge is 0.282 e. The van der Waals surface area contributed by atoms with Crippen LogP contribution in [0.25, 0.3) is 5.57 Å². The van der Waals surface area contributed by atoms with Gasteiger partial charge in [0.1, 0.15) is 11.4 Å². The van der Waals surface area contributed by atoms with E-state index in [1.54, 1.807) is 48.5 Å². The number of para-hydroxylation sites is 2. The largest absolute Gasteiger partial charge is 0.495 e. The van der Waals surface area contributed by atoms with E-state index in [2.05, 4.69) is 5.32 Å². The van der Waals surface area contributed by atoms with Crippen molar-refractivity contribution in [2.24, 2.45) is 0 Å². The van der Waals surface area contributed by atoms with E-state index in [0.29, 0.717) is 22.0 Å². The highest BCUT2D eigenvalue weighted by Gasteiger charge is 2.41. The number of carbonyl (C=O) groups excluding carboxylic acids is 2. The van der Waals surface area contributed by atoms with Crippen LogP contribution in [0.2, 0.25) is 5.02 Å². The highest BCUT2D eigenvalue weighted by atomic mass is 35.5. The number of ether oxygens (including phenoxy) is 1. The topological polar surface area (TPSA) is 58.6 Å². The van der Waals surface area contributed by atoms with Crippen LogP contribution in [0.1, 0.15) is 16.7 Å². The molecule has 0 atom stereocenters. The van der Waals surface area contributed by atoms with Gasteiger partial charge in [0.2, 0.25) is 0 Å². The summed E-state index contributed by atoms with van der Waals surface area (Å²) in [5.41, 5.74) is 4.34. The minimum atomic E-state index is -0.445. The molecule has 3 aromatic carbocycles. The number of imide groups is 1. The Morgan fingerprint density at radius 3 is 2.29 bits per heavy atom. The van der Waals surface area contributed by atoms with Gasteiger partial charge in [-0.1, -0.05) is 53.6 Å². The number of benzene rings is 3. The molecule has 2 amide bonds. The number of anilines is 2. The maximum atomic E-state index is 13.5. The number of halogens is 1. The first-order valence-corrected chi connectivity index (χ1v) is 10.1. The third-order valence-corrected chi connectivity index (χ3v) is 5.44. The van der Waals surface area contributed by atoms with Crippen molar-refractivity contribution in [2.75, 3.05) is 17.3 Å². The molecular formula is C25H21ClN2O3. The number of methoxy groups -OCH3 is 1. The van der Waals surface area contributed by atoms with Gasteiger partial charge in [-0.05, 0) is 55.3 Å². The minimum Gasteiger partial charge on any atom is -0.495 e. The number of aryl methyl sites for hydroxylation is 2. The van der Waals surface area contributed by atoms with Gasteiger partial charge in [-0.25, -0.2) is 4.90 Å². The number of rotatable bonds is 5. The number of amides is 2. The average Bonchev–Trinajstić information content (AvgIpc) is 3.00. The van der Waals surface area contributed by atoms with Crippen LogP contribution in [0, 0.1) is 13.8 Å². The van der Waals surface area contributed by atoms with Crippen LogP contribution < -0.4 is 15.0 Å². The molecule has 0 spiro atoms. The maximum Gasteiger partial charge on any atom is 0.282 e. The van der Waals surface area contributed by atoms with E-state index in [4.69, 9.17) is 16.3 Å². The summed E-state index contributed by atoms with van der Waals surface area (Å²) in [6.45, 7) is 3.96. The molecule has 5 nitrogen and oxygen atoms in total. The Balaban J connectivity index is 1.86. The monoisotopic (exact) mass is 432 g/mol. The van der Waals surface area contributed by atoms with E-state index in [1.807, 2.05) is 32.0 Å². The molecule has 156 valence electrons. The van der Waals surface area contributed by atoms with Crippen molar-refractivity contribution in [3.05, 3.63) is 94.1 Å². The number of hydrogen-bond acceptors (Lipinski definition) is 4. The summed E-state index contributed by atoms with van der Waals surface area (Å²) in [6, 6.07) is 19.7. The van der Waals surface area contributed by atoms with E-state index in [1.165, 1.54) is 7.11 Å². The zero-order valence-electron chi connectivity index (χ0n) is 17.4. The van der Waals surface area contributed by atoms with Gasteiger partial charge in [0.05, 0.1) is 18.4 Å². The molecule has 0 saturated heterocycles. The van der Waals surface area contributed by atoms with Crippen molar-refractivity contribution in [1.82, 2.24) is 0 Å². The molecule has 3 aromatic rings. The van der Waals surface area contributed by atoms with E-state index >= 15 is 0 Å². The van der Waals surface area contributed by atoms with Gasteiger partial charge in [-0.3, -0.25) is 9.59 Å². The number of nitrogens with one attached hydrogen (secondary N) is 1. The predicted molar refractivity (Wildman–Crippen MR) is 123 cm³/mol. The zero-order valence-corrected chi connectivity index (χ0v) is 18.2. The normalized spacial score (nSPS) is 13.7. The summed E-state index contributed by atoms with van der Waals surface area (Å²) >= 11 is 6.04. The molecule has 0 aliphatic carbocycles. The second-order valence-corrected chi connectivity index (χ2v) is 7.75. The summed E-state index contributed by atoms with van der Waals surface area (Å²) in [7, 11) is 1.51. The van der Waals surface area contributed by atoms with Crippen molar-refractivity contribution < 1.29 is 14.3 Å². The fraction of sp³-hybridized carbons (Fsp3) is 0.120. The van der Waals surface area contributed by atoms with E-state index in [-0.39, 0.29) is 11.3 Å². The molecule has 1 heterocycles. The predicted octanol–water partition coefficient (Wildman–Crippen LogP) is 5.36. The van der Waals surface area contributed by atoms with Crippen LogP contribution in [0.3, 0.4) is 0 Å². The highest BCUT2D eigenvalue weighted by Crippen LogP contribution is 2.38. The van der Waals surface area contributed by atoms with E-state index in [9.17, 15) is 9.59 Å². The van der Waals surface area contributed by atoms with Crippen LogP contribution in [0.5, 0.6) is 5.75 Å². The Hall–Kier alpha value is -3.57. The number of hydrogen-bond donors (Lipinski definition) is 1. The fourth-order valence-electron chi connectivity index (χ4n) is 3.65. The third kappa shape index (κ3) is 3.80. The second-order valence-electron chi connectivity index (χ2n) is 7.32. The minimum absolute atomic E-state index is 0.213. The van der Waals surface area contributed by atoms with Crippen LogP contribution >= 0.6 is 11.6 Å². The van der Waals surface area contributed by atoms with Crippen molar-refractivity contribution in [2.45, 2.75) is 13.8 Å². The second kappa shape index (κ2) is 8.28. The van der Waals surface area contributed by atoms with Gasteiger partial charge in [-0.2, -0.15) is 0 Å². The van der Waals surface area contributed by atoms with Crippen LogP contribution in [0.4, 0.5) is 11.4 Å². The Morgan fingerprint density at radius 2 is 1.61 bits per heavy atom. The third-order valence-electron chi connectivity index (χ3n) is 5.18. The highest BCUT2D eigenvalue weighted by molar-refractivity contribution is 6.46. The molecule has 0 unspecified atom stereocenters. The van der Waals surface area contributed by atoms with Gasteiger partial charge in [0.15, 0.2) is 0 Å². The van der Waals surface area contributed by atoms with Crippen molar-refractivity contribution >= 4 is 40.4 Å². The van der Waals surface area contributed by atoms with Crippen molar-refractivity contribution in [3.63, 3.8) is 0 Å². The molecule has 1 N–H and O–H groups in total. The van der Waals surface area contributed by atoms with Crippen LogP contribution in [0.15, 0.2) is 72.4 Å². The molecule has 0 saturated carbocycles. The molecule has 0 bridgehead atoms. The van der Waals surface area contributed by atoms with Crippen molar-refractivity contribution in [1.29, 1.82) is 0 Å². The maximum absolute atomic E-state index is 13.5. The van der Waals surface area contributed by atoms with Crippen LogP contribution in [-0.2, 0) is 9.59 Å². The summed E-state index contributed by atoms with van der Waals surface area (Å²) in [5, 5.41) is 3.76. The average molecular weight is 433 g/mol. The lowest BCUT2D eigenvalue weighted by atomic mass is 10.0. The van der Waals surface area contributed by atoms with Gasteiger partial charge < -0.3 is 10.1 Å². The first kappa shape index (κ1) is 20.7. The van der Waals surface area contributed by atoms with Crippen LogP contribution in [-0.4, -0.2) is 18.9 Å². The Labute approximate surface area is 185 Å². The van der Waals surface area contributed by atoms with Gasteiger partial charge in [0.25, 0.3) is 11.8 Å². The molecule has 4 rings (SSSR count). The Bertz CT molecular complexity index is 1220. The molecule has 6 heteroatoms. The van der Waals surface area contributed by atoms with Gasteiger partial charge >= 0.3 is 0 Å². The summed E-state index contributed by atoms with van der Waals surface area (Å²) < 4.78 is 5.39. The first-order chi connectivity index (χ1) is 14.9. The van der Waals surface area contributed by atoms with Gasteiger partial charge in [-0.15, -0.1) is 0 Å². The molecule has 0 fully saturated rings. The van der Waals surface area contributed by atoms with Crippen molar-refractivity contribution in [3.8, 4) is 5.75 Å². The molecule has 0 aromatic heterocycles. The molecular weight excluding hydrogens is 412 g/mol. The first-order valence-electron chi connectivity index (χ1n) is 9.77. The lowest BCUT2D eigenvalue weighted by Crippen LogP contribution is -2.32. The quantitative estimate of drug-likeness (QED) is 0.551. The summed E-state index contributed by atoms with van der Waals surface area (Å²) in [5.74, 6) is -0.434. The molecule has 1 aliphatic heterocycles. The SMILES string of the molecule is COc1ccccc1N1C(=O)C(Nc2ccc(C)cc2C)=C(c2ccc(Cl)cc2)C1=O. The number of carbonyl (C=O) groups is 2. The molecule has 0 radical (unpaired) electrons. The fourth-order valence-corrected chi connectivity index (χ4v) is 3.78. The summed E-state index contributed by atoms with van der Waals surface area (Å²) in [6.07, 6.45) is 0.